The van der Waals surface area contributed by atoms with Gasteiger partial charge in [0.1, 0.15) is 5.88 Å². The fourth-order valence-corrected chi connectivity index (χ4v) is 1.43. The quantitative estimate of drug-likeness (QED) is 0.629. The van der Waals surface area contributed by atoms with E-state index in [2.05, 4.69) is 5.32 Å². The van der Waals surface area contributed by atoms with E-state index in [0.29, 0.717) is 5.56 Å². The molecule has 1 aromatic carbocycles. The lowest BCUT2D eigenvalue weighted by Gasteiger charge is -2.31. The van der Waals surface area contributed by atoms with Crippen molar-refractivity contribution >= 4 is 17.5 Å². The molecular formula is C11H14ClNO3. The zero-order chi connectivity index (χ0) is 12.0. The fraction of sp³-hybridized carbons (Fsp3) is 0.364. The molecule has 0 aliphatic heterocycles. The molecule has 0 bridgehead atoms. The summed E-state index contributed by atoms with van der Waals surface area (Å²) in [7, 11) is 2.90. The Morgan fingerprint density at radius 1 is 1.31 bits per heavy atom. The SMILES string of the molecule is COC(NC(=O)CCl)(OC)c1ccccc1. The van der Waals surface area contributed by atoms with E-state index in [9.17, 15) is 4.79 Å². The fourth-order valence-electron chi connectivity index (χ4n) is 1.37. The minimum Gasteiger partial charge on any atom is -0.332 e. The summed E-state index contributed by atoms with van der Waals surface area (Å²) in [5.41, 5.74) is 0.693. The van der Waals surface area contributed by atoms with Gasteiger partial charge >= 0.3 is 0 Å². The van der Waals surface area contributed by atoms with Crippen LogP contribution in [-0.2, 0) is 20.2 Å². The number of methoxy groups -OCH3 is 2. The normalized spacial score (nSPS) is 11.2. The summed E-state index contributed by atoms with van der Waals surface area (Å²) < 4.78 is 10.5. The summed E-state index contributed by atoms with van der Waals surface area (Å²) in [6.45, 7) is 0. The van der Waals surface area contributed by atoms with Crippen LogP contribution in [0.2, 0.25) is 0 Å². The van der Waals surface area contributed by atoms with Crippen molar-refractivity contribution in [1.82, 2.24) is 5.32 Å². The Morgan fingerprint density at radius 3 is 2.31 bits per heavy atom. The molecule has 0 aliphatic rings. The van der Waals surface area contributed by atoms with Crippen molar-refractivity contribution in [1.29, 1.82) is 0 Å². The van der Waals surface area contributed by atoms with Crippen LogP contribution < -0.4 is 5.32 Å². The molecule has 0 unspecified atom stereocenters. The first-order valence-corrected chi connectivity index (χ1v) is 5.24. The molecule has 0 atom stereocenters. The van der Waals surface area contributed by atoms with E-state index in [0.717, 1.165) is 0 Å². The molecule has 88 valence electrons. The van der Waals surface area contributed by atoms with E-state index in [4.69, 9.17) is 21.1 Å². The van der Waals surface area contributed by atoms with E-state index >= 15 is 0 Å². The zero-order valence-corrected chi connectivity index (χ0v) is 9.95. The first kappa shape index (κ1) is 13.0. The molecule has 0 aliphatic carbocycles. The third kappa shape index (κ3) is 2.72. The number of nitrogens with one attached hydrogen (secondary N) is 1. The van der Waals surface area contributed by atoms with Crippen molar-refractivity contribution in [3.8, 4) is 0 Å². The molecule has 1 rings (SSSR count). The monoisotopic (exact) mass is 243 g/mol. The van der Waals surface area contributed by atoms with E-state index in [1.807, 2.05) is 18.2 Å². The van der Waals surface area contributed by atoms with Gasteiger partial charge in [0.05, 0.1) is 0 Å². The van der Waals surface area contributed by atoms with Crippen LogP contribution in [0.3, 0.4) is 0 Å². The largest absolute Gasteiger partial charge is 0.332 e. The molecule has 0 fully saturated rings. The van der Waals surface area contributed by atoms with Gasteiger partial charge in [-0.3, -0.25) is 10.1 Å². The lowest BCUT2D eigenvalue weighted by molar-refractivity contribution is -0.235. The molecule has 0 heterocycles. The summed E-state index contributed by atoms with van der Waals surface area (Å²) in [5.74, 6) is -1.80. The van der Waals surface area contributed by atoms with E-state index in [1.54, 1.807) is 12.1 Å². The molecule has 0 saturated heterocycles. The number of benzene rings is 1. The molecule has 0 radical (unpaired) electrons. The van der Waals surface area contributed by atoms with Crippen LogP contribution in [0.4, 0.5) is 0 Å². The molecule has 0 aromatic heterocycles. The molecule has 1 aromatic rings. The van der Waals surface area contributed by atoms with Crippen LogP contribution in [0.15, 0.2) is 30.3 Å². The Labute approximate surface area is 99.5 Å². The van der Waals surface area contributed by atoms with Crippen LogP contribution >= 0.6 is 11.6 Å². The Morgan fingerprint density at radius 2 is 1.88 bits per heavy atom. The van der Waals surface area contributed by atoms with Crippen LogP contribution in [-0.4, -0.2) is 26.0 Å². The van der Waals surface area contributed by atoms with Gasteiger partial charge in [-0.05, 0) is 0 Å². The molecule has 16 heavy (non-hydrogen) atoms. The van der Waals surface area contributed by atoms with Gasteiger partial charge in [-0.15, -0.1) is 11.6 Å². The van der Waals surface area contributed by atoms with Crippen molar-refractivity contribution in [3.05, 3.63) is 35.9 Å². The Hall–Kier alpha value is -1.10. The second-order valence-corrected chi connectivity index (χ2v) is 3.34. The highest BCUT2D eigenvalue weighted by atomic mass is 35.5. The van der Waals surface area contributed by atoms with Gasteiger partial charge in [0, 0.05) is 19.8 Å². The summed E-state index contributed by atoms with van der Waals surface area (Å²) in [5, 5.41) is 2.58. The maximum absolute atomic E-state index is 11.3. The lowest BCUT2D eigenvalue weighted by atomic mass is 10.1. The minimum absolute atomic E-state index is 0.151. The Balaban J connectivity index is 3.01. The van der Waals surface area contributed by atoms with Crippen molar-refractivity contribution in [2.75, 3.05) is 20.1 Å². The second kappa shape index (κ2) is 5.84. The first-order valence-electron chi connectivity index (χ1n) is 4.71. The standard InChI is InChI=1S/C11H14ClNO3/c1-15-11(16-2,13-10(14)8-12)9-6-4-3-5-7-9/h3-7H,8H2,1-2H3,(H,13,14). The predicted octanol–water partition coefficient (Wildman–Crippen LogP) is 1.44. The highest BCUT2D eigenvalue weighted by Crippen LogP contribution is 2.22. The van der Waals surface area contributed by atoms with Gasteiger partial charge in [0.15, 0.2) is 0 Å². The first-order chi connectivity index (χ1) is 7.68. The Kier molecular flexibility index (Phi) is 4.73. The van der Waals surface area contributed by atoms with E-state index < -0.39 is 5.91 Å². The highest BCUT2D eigenvalue weighted by Gasteiger charge is 2.33. The smallest absolute Gasteiger partial charge is 0.279 e. The molecular weight excluding hydrogens is 230 g/mol. The van der Waals surface area contributed by atoms with Gasteiger partial charge in [-0.2, -0.15) is 0 Å². The van der Waals surface area contributed by atoms with Gasteiger partial charge in [0.2, 0.25) is 5.91 Å². The molecule has 5 heteroatoms. The Bertz CT molecular complexity index is 338. The topological polar surface area (TPSA) is 47.6 Å². The minimum atomic E-state index is -1.28. The average Bonchev–Trinajstić information content (AvgIpc) is 2.37. The third-order valence-corrected chi connectivity index (χ3v) is 2.40. The van der Waals surface area contributed by atoms with Crippen LogP contribution in [0.1, 0.15) is 5.56 Å². The molecule has 1 amide bonds. The number of hydrogen-bond acceptors (Lipinski definition) is 3. The number of rotatable bonds is 5. The maximum atomic E-state index is 11.3. The third-order valence-electron chi connectivity index (χ3n) is 2.15. The summed E-state index contributed by atoms with van der Waals surface area (Å²) >= 11 is 5.44. The maximum Gasteiger partial charge on any atom is 0.279 e. The predicted molar refractivity (Wildman–Crippen MR) is 61.0 cm³/mol. The molecule has 1 N–H and O–H groups in total. The molecule has 0 spiro atoms. The molecule has 4 nitrogen and oxygen atoms in total. The number of halogens is 1. The number of carbonyl (C=O) groups is 1. The average molecular weight is 244 g/mol. The zero-order valence-electron chi connectivity index (χ0n) is 9.20. The highest BCUT2D eigenvalue weighted by molar-refractivity contribution is 6.27. The summed E-state index contributed by atoms with van der Waals surface area (Å²) in [6.07, 6.45) is 0. The summed E-state index contributed by atoms with van der Waals surface area (Å²) in [6, 6.07) is 9.11. The molecule has 0 saturated carbocycles. The number of amides is 1. The van der Waals surface area contributed by atoms with Gasteiger partial charge in [-0.1, -0.05) is 30.3 Å². The van der Waals surface area contributed by atoms with Crippen molar-refractivity contribution < 1.29 is 14.3 Å². The van der Waals surface area contributed by atoms with Gasteiger partial charge in [0.25, 0.3) is 5.91 Å². The van der Waals surface area contributed by atoms with Crippen molar-refractivity contribution in [3.63, 3.8) is 0 Å². The van der Waals surface area contributed by atoms with Gasteiger partial charge in [-0.25, -0.2) is 0 Å². The number of alkyl halides is 1. The number of carbonyl (C=O) groups excluding carboxylic acids is 1. The van der Waals surface area contributed by atoms with Crippen LogP contribution in [0, 0.1) is 0 Å². The van der Waals surface area contributed by atoms with Crippen LogP contribution in [0.5, 0.6) is 0 Å². The summed E-state index contributed by atoms with van der Waals surface area (Å²) in [4.78, 5) is 11.3. The number of hydrogen-bond donors (Lipinski definition) is 1. The number of ether oxygens (including phenoxy) is 2. The van der Waals surface area contributed by atoms with E-state index in [-0.39, 0.29) is 11.8 Å². The van der Waals surface area contributed by atoms with Crippen LogP contribution in [0.25, 0.3) is 0 Å². The van der Waals surface area contributed by atoms with Gasteiger partial charge < -0.3 is 9.47 Å². The van der Waals surface area contributed by atoms with Crippen molar-refractivity contribution in [2.45, 2.75) is 5.91 Å². The van der Waals surface area contributed by atoms with E-state index in [1.165, 1.54) is 14.2 Å². The lowest BCUT2D eigenvalue weighted by Crippen LogP contribution is -2.49. The van der Waals surface area contributed by atoms with Crippen molar-refractivity contribution in [2.24, 2.45) is 0 Å². The second-order valence-electron chi connectivity index (χ2n) is 3.07.